The summed E-state index contributed by atoms with van der Waals surface area (Å²) in [7, 11) is -4.55. The molecule has 27 heavy (non-hydrogen) atoms. The van der Waals surface area contributed by atoms with Gasteiger partial charge in [0.1, 0.15) is 18.3 Å². The summed E-state index contributed by atoms with van der Waals surface area (Å²) in [4.78, 5) is 2.83. The molecule has 1 saturated heterocycles. The molecule has 0 saturated carbocycles. The first-order valence-corrected chi connectivity index (χ1v) is 9.51. The summed E-state index contributed by atoms with van der Waals surface area (Å²) in [6.07, 6.45) is -7.48. The standard InChI is InChI=1S/C14H15BrNO9S.Na/c15-6-1-2-8-7(3-6)9(4-16-8)25-26(21,22)23-5-10-11(17)12(18)13(19)14(20)24-10;/h1-4,10-14,16-19H,5H2;/q-1;+1/t10-,11+,12+,13-,14-;/m1./s1. The monoisotopic (exact) mass is 475 g/mol. The number of ether oxygens (including phenoxy) is 1. The molecule has 0 unspecified atom stereocenters. The molecule has 0 radical (unpaired) electrons. The number of H-pyrrole nitrogens is 1. The first-order valence-electron chi connectivity index (χ1n) is 7.39. The minimum atomic E-state index is -4.55. The smallest absolute Gasteiger partial charge is 0.829 e. The van der Waals surface area contributed by atoms with Crippen LogP contribution in [-0.2, 0) is 19.3 Å². The number of rotatable bonds is 5. The molecular formula is C14H15BrNNaO9S. The van der Waals surface area contributed by atoms with Gasteiger partial charge >= 0.3 is 40.0 Å². The maximum absolute atomic E-state index is 12.0. The molecule has 0 spiro atoms. The Morgan fingerprint density at radius 3 is 2.63 bits per heavy atom. The van der Waals surface area contributed by atoms with E-state index in [1.807, 2.05) is 0 Å². The molecule has 1 aromatic heterocycles. The van der Waals surface area contributed by atoms with E-state index in [9.17, 15) is 28.8 Å². The molecule has 2 aromatic rings. The second-order valence-corrected chi connectivity index (χ2v) is 7.77. The largest absolute Gasteiger partial charge is 1.00 e. The minimum absolute atomic E-state index is 0. The molecule has 1 aliphatic rings. The van der Waals surface area contributed by atoms with Crippen LogP contribution in [0.3, 0.4) is 0 Å². The zero-order valence-corrected chi connectivity index (χ0v) is 18.4. The minimum Gasteiger partial charge on any atom is -0.829 e. The van der Waals surface area contributed by atoms with E-state index >= 15 is 0 Å². The number of aromatic nitrogens is 1. The molecule has 2 heterocycles. The fourth-order valence-electron chi connectivity index (χ4n) is 2.47. The van der Waals surface area contributed by atoms with Crippen LogP contribution in [0, 0.1) is 0 Å². The van der Waals surface area contributed by atoms with E-state index in [0.717, 1.165) is 0 Å². The van der Waals surface area contributed by atoms with Crippen LogP contribution in [0.1, 0.15) is 0 Å². The van der Waals surface area contributed by atoms with Crippen molar-refractivity contribution >= 4 is 37.2 Å². The fourth-order valence-corrected chi connectivity index (χ4v) is 3.54. The van der Waals surface area contributed by atoms with Crippen LogP contribution in [-0.4, -0.2) is 66.0 Å². The van der Waals surface area contributed by atoms with Gasteiger partial charge in [0.05, 0.1) is 12.7 Å². The van der Waals surface area contributed by atoms with Gasteiger partial charge in [0, 0.05) is 27.9 Å². The van der Waals surface area contributed by atoms with E-state index in [1.54, 1.807) is 18.2 Å². The Labute approximate surface area is 184 Å². The van der Waals surface area contributed by atoms with Gasteiger partial charge in [0.25, 0.3) is 0 Å². The Kier molecular flexibility index (Phi) is 7.72. The van der Waals surface area contributed by atoms with Crippen molar-refractivity contribution in [1.82, 2.24) is 4.98 Å². The van der Waals surface area contributed by atoms with Gasteiger partial charge in [-0.05, 0) is 18.2 Å². The van der Waals surface area contributed by atoms with Gasteiger partial charge in [-0.15, -0.1) is 0 Å². The number of halogens is 1. The topological polar surface area (TPSA) is 161 Å². The van der Waals surface area contributed by atoms with Gasteiger partial charge in [-0.1, -0.05) is 15.9 Å². The molecule has 0 amide bonds. The van der Waals surface area contributed by atoms with Crippen molar-refractivity contribution in [3.63, 3.8) is 0 Å². The fraction of sp³-hybridized carbons (Fsp3) is 0.429. The van der Waals surface area contributed by atoms with E-state index in [-0.39, 0.29) is 35.3 Å². The molecule has 13 heteroatoms. The van der Waals surface area contributed by atoms with Crippen molar-refractivity contribution in [2.45, 2.75) is 30.7 Å². The predicted octanol–water partition coefficient (Wildman–Crippen LogP) is -4.26. The van der Waals surface area contributed by atoms with Crippen molar-refractivity contribution < 1.29 is 71.5 Å². The van der Waals surface area contributed by atoms with E-state index in [4.69, 9.17) is 8.92 Å². The molecule has 10 nitrogen and oxygen atoms in total. The van der Waals surface area contributed by atoms with Crippen molar-refractivity contribution in [2.24, 2.45) is 0 Å². The van der Waals surface area contributed by atoms with Crippen LogP contribution in [0.5, 0.6) is 5.75 Å². The van der Waals surface area contributed by atoms with E-state index in [2.05, 4.69) is 25.1 Å². The molecule has 5 atom stereocenters. The van der Waals surface area contributed by atoms with E-state index in [1.165, 1.54) is 6.20 Å². The van der Waals surface area contributed by atoms with E-state index < -0.39 is 47.7 Å². The first-order chi connectivity index (χ1) is 12.2. The molecule has 3 rings (SSSR count). The van der Waals surface area contributed by atoms with Crippen molar-refractivity contribution in [2.75, 3.05) is 6.61 Å². The van der Waals surface area contributed by atoms with Crippen LogP contribution in [0.2, 0.25) is 0 Å². The molecule has 0 bridgehead atoms. The van der Waals surface area contributed by atoms with Crippen molar-refractivity contribution in [1.29, 1.82) is 0 Å². The van der Waals surface area contributed by atoms with Crippen molar-refractivity contribution in [3.05, 3.63) is 28.9 Å². The second kappa shape index (κ2) is 9.05. The Morgan fingerprint density at radius 2 is 1.93 bits per heavy atom. The van der Waals surface area contributed by atoms with Gasteiger partial charge in [0.2, 0.25) is 0 Å². The van der Waals surface area contributed by atoms with Gasteiger partial charge in [-0.3, -0.25) is 0 Å². The number of aliphatic hydroxyl groups is 3. The summed E-state index contributed by atoms with van der Waals surface area (Å²) in [6.45, 7) is -0.780. The zero-order chi connectivity index (χ0) is 19.1. The summed E-state index contributed by atoms with van der Waals surface area (Å²) in [5.74, 6) is -0.0106. The van der Waals surface area contributed by atoms with Crippen LogP contribution in [0.25, 0.3) is 10.9 Å². The average Bonchev–Trinajstić information content (AvgIpc) is 2.96. The number of hydrogen-bond acceptors (Lipinski definition) is 9. The number of hydrogen-bond donors (Lipinski definition) is 4. The van der Waals surface area contributed by atoms with Crippen LogP contribution < -0.4 is 38.8 Å². The summed E-state index contributed by atoms with van der Waals surface area (Å²) in [6, 6.07) is 5.12. The Morgan fingerprint density at radius 1 is 1.22 bits per heavy atom. The van der Waals surface area contributed by atoms with Crippen LogP contribution >= 0.6 is 15.9 Å². The number of benzene rings is 1. The Balaban J connectivity index is 0.00000261. The molecule has 0 aliphatic carbocycles. The quantitative estimate of drug-likeness (QED) is 0.313. The summed E-state index contributed by atoms with van der Waals surface area (Å²) in [5, 5.41) is 40.5. The third-order valence-electron chi connectivity index (χ3n) is 3.84. The predicted molar refractivity (Wildman–Crippen MR) is 88.2 cm³/mol. The van der Waals surface area contributed by atoms with Gasteiger partial charge in [-0.2, -0.15) is 8.42 Å². The van der Waals surface area contributed by atoms with Gasteiger partial charge in [0.15, 0.2) is 5.75 Å². The average molecular weight is 476 g/mol. The normalized spacial score (nSPS) is 28.7. The SMILES string of the molecule is O=S(=O)(OC[C@H]1O[C@@H]([O-])[C@H](O)[C@@H](O)[C@H]1O)Oc1c[nH]c2ccc(Br)cc12.[Na+]. The maximum Gasteiger partial charge on any atom is 1.00 e. The number of aromatic amines is 1. The molecule has 1 aromatic carbocycles. The molecule has 4 N–H and O–H groups in total. The van der Waals surface area contributed by atoms with Gasteiger partial charge in [-0.25, -0.2) is 4.18 Å². The van der Waals surface area contributed by atoms with Crippen molar-refractivity contribution in [3.8, 4) is 5.75 Å². The molecular weight excluding hydrogens is 461 g/mol. The van der Waals surface area contributed by atoms with Crippen LogP contribution in [0.15, 0.2) is 28.9 Å². The number of nitrogens with one attached hydrogen (secondary N) is 1. The third kappa shape index (κ3) is 5.22. The zero-order valence-electron chi connectivity index (χ0n) is 14.0. The Hall–Kier alpha value is -0.250. The molecule has 1 aliphatic heterocycles. The van der Waals surface area contributed by atoms with Crippen LogP contribution in [0.4, 0.5) is 0 Å². The summed E-state index contributed by atoms with van der Waals surface area (Å²) >= 11 is 3.27. The van der Waals surface area contributed by atoms with E-state index in [0.29, 0.717) is 15.4 Å². The first kappa shape index (κ1) is 23.0. The number of aliphatic hydroxyl groups excluding tert-OH is 3. The summed E-state index contributed by atoms with van der Waals surface area (Å²) < 4.78 is 39.0. The van der Waals surface area contributed by atoms with Gasteiger partial charge < -0.3 is 34.3 Å². The Bertz CT molecular complexity index is 892. The molecule has 1 fully saturated rings. The molecule has 144 valence electrons. The summed E-state index contributed by atoms with van der Waals surface area (Å²) in [5.41, 5.74) is 0.635. The second-order valence-electron chi connectivity index (χ2n) is 5.63. The number of fused-ring (bicyclic) bond motifs is 1. The third-order valence-corrected chi connectivity index (χ3v) is 5.14. The maximum atomic E-state index is 12.0.